The summed E-state index contributed by atoms with van der Waals surface area (Å²) in [7, 11) is 0. The summed E-state index contributed by atoms with van der Waals surface area (Å²) >= 11 is 0. The van der Waals surface area contributed by atoms with Crippen molar-refractivity contribution in [1.82, 2.24) is 0 Å². The van der Waals surface area contributed by atoms with Gasteiger partial charge in [-0.3, -0.25) is 0 Å². The Morgan fingerprint density at radius 1 is 1.43 bits per heavy atom. The predicted octanol–water partition coefficient (Wildman–Crippen LogP) is 2.21. The number of hydrogen-bond donors (Lipinski definition) is 1. The number of aryl methyl sites for hydroxylation is 1. The van der Waals surface area contributed by atoms with Crippen LogP contribution in [0.15, 0.2) is 24.3 Å². The number of aliphatic hydroxyl groups excluding tert-OH is 1. The molecule has 1 heterocycles. The molecule has 2 unspecified atom stereocenters. The summed E-state index contributed by atoms with van der Waals surface area (Å²) in [5.41, 5.74) is 2.24. The zero-order valence-electron chi connectivity index (χ0n) is 8.44. The molecule has 1 aliphatic heterocycles. The molecule has 1 N–H and O–H groups in total. The fourth-order valence-electron chi connectivity index (χ4n) is 1.53. The molecule has 0 aromatic heterocycles. The van der Waals surface area contributed by atoms with Gasteiger partial charge in [-0.2, -0.15) is 0 Å². The summed E-state index contributed by atoms with van der Waals surface area (Å²) in [5.74, 6) is 0. The molecule has 2 atom stereocenters. The average Bonchev–Trinajstić information content (AvgIpc) is 2.99. The van der Waals surface area contributed by atoms with Gasteiger partial charge in [0.1, 0.15) is 0 Å². The van der Waals surface area contributed by atoms with Gasteiger partial charge in [0.25, 0.3) is 0 Å². The second kappa shape index (κ2) is 4.11. The molecule has 2 heteroatoms. The van der Waals surface area contributed by atoms with Crippen LogP contribution in [0.3, 0.4) is 0 Å². The largest absolute Gasteiger partial charge is 0.388 e. The van der Waals surface area contributed by atoms with Crippen LogP contribution in [0.2, 0.25) is 0 Å². The highest BCUT2D eigenvalue weighted by molar-refractivity contribution is 5.22. The first-order chi connectivity index (χ1) is 6.75. The Labute approximate surface area is 84.5 Å². The van der Waals surface area contributed by atoms with Crippen molar-refractivity contribution in [1.29, 1.82) is 0 Å². The third-order valence-electron chi connectivity index (χ3n) is 2.63. The molecule has 1 aromatic rings. The normalized spacial score (nSPS) is 22.0. The number of ether oxygens (including phenoxy) is 1. The van der Waals surface area contributed by atoms with E-state index in [1.807, 2.05) is 31.2 Å². The Balaban J connectivity index is 1.88. The van der Waals surface area contributed by atoms with Crippen LogP contribution in [0, 0.1) is 6.92 Å². The first kappa shape index (κ1) is 9.69. The van der Waals surface area contributed by atoms with E-state index in [0.717, 1.165) is 25.0 Å². The van der Waals surface area contributed by atoms with E-state index in [1.54, 1.807) is 0 Å². The van der Waals surface area contributed by atoms with Gasteiger partial charge in [0.15, 0.2) is 0 Å². The minimum absolute atomic E-state index is 0.334. The van der Waals surface area contributed by atoms with Crippen LogP contribution in [0.4, 0.5) is 0 Å². The Morgan fingerprint density at radius 3 is 2.64 bits per heavy atom. The van der Waals surface area contributed by atoms with Gasteiger partial charge in [-0.15, -0.1) is 0 Å². The fraction of sp³-hybridized carbons (Fsp3) is 0.500. The van der Waals surface area contributed by atoms with E-state index >= 15 is 0 Å². The van der Waals surface area contributed by atoms with Gasteiger partial charge >= 0.3 is 0 Å². The second-order valence-corrected chi connectivity index (χ2v) is 3.96. The van der Waals surface area contributed by atoms with Crippen molar-refractivity contribution in [2.75, 3.05) is 6.61 Å². The molecule has 0 radical (unpaired) electrons. The number of rotatable bonds is 4. The van der Waals surface area contributed by atoms with E-state index in [-0.39, 0.29) is 6.10 Å². The molecule has 0 saturated carbocycles. The van der Waals surface area contributed by atoms with Gasteiger partial charge in [0.2, 0.25) is 0 Å². The zero-order valence-corrected chi connectivity index (χ0v) is 8.44. The lowest BCUT2D eigenvalue weighted by Gasteiger charge is -2.09. The van der Waals surface area contributed by atoms with E-state index in [1.165, 1.54) is 5.56 Å². The van der Waals surface area contributed by atoms with Gasteiger partial charge in [0.05, 0.1) is 18.8 Å². The summed E-state index contributed by atoms with van der Waals surface area (Å²) in [4.78, 5) is 0. The molecular formula is C12H16O2. The molecule has 0 aliphatic carbocycles. The van der Waals surface area contributed by atoms with Crippen LogP contribution in [0.25, 0.3) is 0 Å². The number of benzene rings is 1. The number of aliphatic hydroxyl groups is 1. The number of hydrogen-bond acceptors (Lipinski definition) is 2. The molecule has 2 nitrogen and oxygen atoms in total. The fourth-order valence-corrected chi connectivity index (χ4v) is 1.53. The van der Waals surface area contributed by atoms with Gasteiger partial charge < -0.3 is 9.84 Å². The van der Waals surface area contributed by atoms with Crippen LogP contribution in [-0.2, 0) is 4.74 Å². The Morgan fingerprint density at radius 2 is 2.07 bits per heavy atom. The molecule has 76 valence electrons. The zero-order chi connectivity index (χ0) is 9.97. The lowest BCUT2D eigenvalue weighted by Crippen LogP contribution is -1.99. The van der Waals surface area contributed by atoms with E-state index in [4.69, 9.17) is 4.74 Å². The molecule has 0 bridgehead atoms. The number of epoxide rings is 1. The van der Waals surface area contributed by atoms with Crippen molar-refractivity contribution in [3.8, 4) is 0 Å². The Kier molecular flexibility index (Phi) is 2.85. The maximum Gasteiger partial charge on any atom is 0.0811 e. The van der Waals surface area contributed by atoms with Crippen molar-refractivity contribution < 1.29 is 9.84 Å². The third kappa shape index (κ3) is 2.56. The second-order valence-electron chi connectivity index (χ2n) is 3.96. The van der Waals surface area contributed by atoms with Crippen LogP contribution < -0.4 is 0 Å². The average molecular weight is 192 g/mol. The molecule has 1 aliphatic rings. The van der Waals surface area contributed by atoms with Crippen molar-refractivity contribution in [3.05, 3.63) is 35.4 Å². The van der Waals surface area contributed by atoms with Gasteiger partial charge in [-0.05, 0) is 25.3 Å². The van der Waals surface area contributed by atoms with Gasteiger partial charge in [0, 0.05) is 0 Å². The molecule has 0 spiro atoms. The molecule has 0 amide bonds. The minimum Gasteiger partial charge on any atom is -0.388 e. The lowest BCUT2D eigenvalue weighted by molar-refractivity contribution is 0.160. The highest BCUT2D eigenvalue weighted by Gasteiger charge is 2.23. The first-order valence-electron chi connectivity index (χ1n) is 5.12. The van der Waals surface area contributed by atoms with E-state index in [0.29, 0.717) is 6.10 Å². The quantitative estimate of drug-likeness (QED) is 0.742. The minimum atomic E-state index is -0.334. The van der Waals surface area contributed by atoms with E-state index in [2.05, 4.69) is 0 Å². The van der Waals surface area contributed by atoms with Crippen LogP contribution >= 0.6 is 0 Å². The molecule has 1 fully saturated rings. The van der Waals surface area contributed by atoms with E-state index < -0.39 is 0 Å². The highest BCUT2D eigenvalue weighted by atomic mass is 16.6. The summed E-state index contributed by atoms with van der Waals surface area (Å²) in [6, 6.07) is 8.06. The maximum absolute atomic E-state index is 9.83. The summed E-state index contributed by atoms with van der Waals surface area (Å²) in [6.07, 6.45) is 1.85. The standard InChI is InChI=1S/C12H16O2/c1-9-2-4-10(5-3-9)12(13)7-6-11-8-14-11/h2-5,11-13H,6-8H2,1H3. The van der Waals surface area contributed by atoms with Crippen molar-refractivity contribution in [3.63, 3.8) is 0 Å². The van der Waals surface area contributed by atoms with Crippen molar-refractivity contribution in [2.24, 2.45) is 0 Å². The SMILES string of the molecule is Cc1ccc(C(O)CCC2CO2)cc1. The monoisotopic (exact) mass is 192 g/mol. The third-order valence-corrected chi connectivity index (χ3v) is 2.63. The Hall–Kier alpha value is -0.860. The predicted molar refractivity (Wildman–Crippen MR) is 55.1 cm³/mol. The smallest absolute Gasteiger partial charge is 0.0811 e. The van der Waals surface area contributed by atoms with Crippen molar-refractivity contribution in [2.45, 2.75) is 32.0 Å². The van der Waals surface area contributed by atoms with Gasteiger partial charge in [-0.25, -0.2) is 0 Å². The topological polar surface area (TPSA) is 32.8 Å². The summed E-state index contributed by atoms with van der Waals surface area (Å²) < 4.78 is 5.10. The highest BCUT2D eigenvalue weighted by Crippen LogP contribution is 2.23. The summed E-state index contributed by atoms with van der Waals surface area (Å²) in [5, 5.41) is 9.83. The van der Waals surface area contributed by atoms with Crippen LogP contribution in [0.5, 0.6) is 0 Å². The van der Waals surface area contributed by atoms with Crippen LogP contribution in [-0.4, -0.2) is 17.8 Å². The molecule has 1 aromatic carbocycles. The lowest BCUT2D eigenvalue weighted by atomic mass is 10.0. The summed E-state index contributed by atoms with van der Waals surface area (Å²) in [6.45, 7) is 2.93. The molecule has 14 heavy (non-hydrogen) atoms. The molecular weight excluding hydrogens is 176 g/mol. The van der Waals surface area contributed by atoms with E-state index in [9.17, 15) is 5.11 Å². The maximum atomic E-state index is 9.83. The van der Waals surface area contributed by atoms with Crippen molar-refractivity contribution >= 4 is 0 Å². The first-order valence-corrected chi connectivity index (χ1v) is 5.12. The van der Waals surface area contributed by atoms with Gasteiger partial charge in [-0.1, -0.05) is 29.8 Å². The molecule has 2 rings (SSSR count). The van der Waals surface area contributed by atoms with Crippen LogP contribution in [0.1, 0.15) is 30.1 Å². The Bertz CT molecular complexity index is 288. The molecule has 1 saturated heterocycles.